The quantitative estimate of drug-likeness (QED) is 0.828. The van der Waals surface area contributed by atoms with E-state index >= 15 is 0 Å². The average molecular weight is 352 g/mol. The summed E-state index contributed by atoms with van der Waals surface area (Å²) in [5.74, 6) is -0.307. The number of halogens is 1. The molecule has 2 atom stereocenters. The fourth-order valence-corrected chi connectivity index (χ4v) is 3.45. The second kappa shape index (κ2) is 7.32. The van der Waals surface area contributed by atoms with Gasteiger partial charge in [-0.1, -0.05) is 12.1 Å². The molecule has 2 N–H and O–H groups in total. The molecule has 6 nitrogen and oxygen atoms in total. The van der Waals surface area contributed by atoms with Crippen molar-refractivity contribution in [3.63, 3.8) is 0 Å². The molecule has 130 valence electrons. The van der Waals surface area contributed by atoms with Crippen molar-refractivity contribution < 1.29 is 14.4 Å². The normalized spacial score (nSPS) is 22.6. The number of carbonyl (C=O) groups excluding carboxylic acids is 3. The first-order valence-corrected chi connectivity index (χ1v) is 7.97. The molecule has 3 amide bonds. The zero-order valence-corrected chi connectivity index (χ0v) is 14.4. The molecule has 0 aromatic heterocycles. The Morgan fingerprint density at radius 3 is 2.29 bits per heavy atom. The monoisotopic (exact) mass is 351 g/mol. The summed E-state index contributed by atoms with van der Waals surface area (Å²) in [7, 11) is 0. The third kappa shape index (κ3) is 3.16. The van der Waals surface area contributed by atoms with Crippen LogP contribution in [0.25, 0.3) is 0 Å². The third-order valence-electron chi connectivity index (χ3n) is 4.74. The van der Waals surface area contributed by atoms with Crippen molar-refractivity contribution in [2.75, 3.05) is 19.6 Å². The van der Waals surface area contributed by atoms with Crippen molar-refractivity contribution in [2.24, 2.45) is 11.7 Å². The van der Waals surface area contributed by atoms with E-state index in [-0.39, 0.29) is 49.1 Å². The summed E-state index contributed by atoms with van der Waals surface area (Å²) in [5, 5.41) is 0. The van der Waals surface area contributed by atoms with Gasteiger partial charge in [0, 0.05) is 25.6 Å². The van der Waals surface area contributed by atoms with Crippen LogP contribution in [-0.4, -0.2) is 53.2 Å². The second-order valence-corrected chi connectivity index (χ2v) is 6.29. The van der Waals surface area contributed by atoms with Crippen LogP contribution in [0.5, 0.6) is 0 Å². The van der Waals surface area contributed by atoms with Crippen LogP contribution in [0.3, 0.4) is 0 Å². The fourth-order valence-electron chi connectivity index (χ4n) is 3.45. The van der Waals surface area contributed by atoms with Crippen LogP contribution >= 0.6 is 12.4 Å². The van der Waals surface area contributed by atoms with E-state index in [4.69, 9.17) is 5.73 Å². The van der Waals surface area contributed by atoms with E-state index in [9.17, 15) is 14.4 Å². The molecule has 2 heterocycles. The van der Waals surface area contributed by atoms with Gasteiger partial charge in [-0.3, -0.25) is 19.3 Å². The number of carbonyl (C=O) groups is 3. The maximum absolute atomic E-state index is 12.4. The Kier molecular flexibility index (Phi) is 5.62. The Hall–Kier alpha value is -1.92. The van der Waals surface area contributed by atoms with Gasteiger partial charge in [-0.05, 0) is 37.9 Å². The predicted molar refractivity (Wildman–Crippen MR) is 92.0 cm³/mol. The molecule has 1 saturated heterocycles. The van der Waals surface area contributed by atoms with Crippen molar-refractivity contribution in [1.29, 1.82) is 0 Å². The number of amides is 3. The minimum atomic E-state index is -0.312. The van der Waals surface area contributed by atoms with Gasteiger partial charge in [0.05, 0.1) is 11.1 Å². The zero-order valence-electron chi connectivity index (χ0n) is 13.6. The minimum absolute atomic E-state index is 0. The van der Waals surface area contributed by atoms with Crippen LogP contribution in [0.15, 0.2) is 24.3 Å². The van der Waals surface area contributed by atoms with Crippen LogP contribution in [0.2, 0.25) is 0 Å². The van der Waals surface area contributed by atoms with Gasteiger partial charge in [0.2, 0.25) is 5.91 Å². The molecule has 3 rings (SSSR count). The number of likely N-dealkylation sites (tertiary alicyclic amines) is 1. The number of nitrogens with zero attached hydrogens (tertiary/aromatic N) is 2. The zero-order chi connectivity index (χ0) is 16.6. The van der Waals surface area contributed by atoms with Gasteiger partial charge in [-0.2, -0.15) is 0 Å². The van der Waals surface area contributed by atoms with E-state index in [0.717, 1.165) is 6.42 Å². The number of benzene rings is 1. The van der Waals surface area contributed by atoms with Crippen LogP contribution in [0, 0.1) is 5.92 Å². The Balaban J connectivity index is 0.00000208. The molecule has 2 unspecified atom stereocenters. The average Bonchev–Trinajstić information content (AvgIpc) is 3.05. The number of hydrogen-bond donors (Lipinski definition) is 1. The molecule has 0 spiro atoms. The van der Waals surface area contributed by atoms with E-state index in [1.807, 2.05) is 11.8 Å². The van der Waals surface area contributed by atoms with Gasteiger partial charge in [-0.25, -0.2) is 0 Å². The molecule has 1 fully saturated rings. The van der Waals surface area contributed by atoms with Crippen LogP contribution in [-0.2, 0) is 4.79 Å². The summed E-state index contributed by atoms with van der Waals surface area (Å²) >= 11 is 0. The standard InChI is InChI=1S/C17H21N3O3.ClH/c1-11-8-12(9-18)10-20(11)15(21)6-7-19-16(22)13-4-2-3-5-14(13)17(19)23;/h2-5,11-12H,6-10,18H2,1H3;1H. The number of imide groups is 1. The smallest absolute Gasteiger partial charge is 0.261 e. The lowest BCUT2D eigenvalue weighted by molar-refractivity contribution is -0.131. The first-order valence-electron chi connectivity index (χ1n) is 7.97. The van der Waals surface area contributed by atoms with E-state index in [1.54, 1.807) is 24.3 Å². The SMILES string of the molecule is CC1CC(CN)CN1C(=O)CCN1C(=O)c2ccccc2C1=O.Cl. The second-order valence-electron chi connectivity index (χ2n) is 6.29. The number of rotatable bonds is 4. The molecule has 1 aromatic rings. The van der Waals surface area contributed by atoms with Crippen molar-refractivity contribution in [2.45, 2.75) is 25.8 Å². The first kappa shape index (κ1) is 18.4. The molecule has 0 aliphatic carbocycles. The van der Waals surface area contributed by atoms with Crippen molar-refractivity contribution in [3.05, 3.63) is 35.4 Å². The molecule has 0 bridgehead atoms. The fraction of sp³-hybridized carbons (Fsp3) is 0.471. The Labute approximate surface area is 147 Å². The number of fused-ring (bicyclic) bond motifs is 1. The van der Waals surface area contributed by atoms with Gasteiger partial charge < -0.3 is 10.6 Å². The minimum Gasteiger partial charge on any atom is -0.340 e. The number of nitrogens with two attached hydrogens (primary N) is 1. The summed E-state index contributed by atoms with van der Waals surface area (Å²) in [6, 6.07) is 6.92. The highest BCUT2D eigenvalue weighted by molar-refractivity contribution is 6.21. The lowest BCUT2D eigenvalue weighted by atomic mass is 10.1. The molecule has 1 aromatic carbocycles. The topological polar surface area (TPSA) is 83.7 Å². The van der Waals surface area contributed by atoms with Gasteiger partial charge >= 0.3 is 0 Å². The van der Waals surface area contributed by atoms with E-state index in [1.165, 1.54) is 4.90 Å². The summed E-state index contributed by atoms with van der Waals surface area (Å²) < 4.78 is 0. The van der Waals surface area contributed by atoms with Crippen molar-refractivity contribution in [1.82, 2.24) is 9.80 Å². The highest BCUT2D eigenvalue weighted by Crippen LogP contribution is 2.25. The van der Waals surface area contributed by atoms with E-state index in [0.29, 0.717) is 30.1 Å². The molecule has 0 saturated carbocycles. The Bertz CT molecular complexity index is 629. The van der Waals surface area contributed by atoms with Gasteiger partial charge in [0.25, 0.3) is 11.8 Å². The van der Waals surface area contributed by atoms with Gasteiger partial charge in [0.1, 0.15) is 0 Å². The maximum atomic E-state index is 12.4. The first-order chi connectivity index (χ1) is 11.0. The molecule has 24 heavy (non-hydrogen) atoms. The molecule has 0 radical (unpaired) electrons. The summed E-state index contributed by atoms with van der Waals surface area (Å²) in [5.41, 5.74) is 6.52. The van der Waals surface area contributed by atoms with Gasteiger partial charge in [-0.15, -0.1) is 12.4 Å². The van der Waals surface area contributed by atoms with E-state index in [2.05, 4.69) is 0 Å². The largest absolute Gasteiger partial charge is 0.340 e. The lowest BCUT2D eigenvalue weighted by Gasteiger charge is -2.23. The summed E-state index contributed by atoms with van der Waals surface area (Å²) in [6.07, 6.45) is 1.07. The molecular formula is C17H22ClN3O3. The van der Waals surface area contributed by atoms with Gasteiger partial charge in [0.15, 0.2) is 0 Å². The molecule has 2 aliphatic heterocycles. The third-order valence-corrected chi connectivity index (χ3v) is 4.74. The lowest BCUT2D eigenvalue weighted by Crippen LogP contribution is -2.38. The Morgan fingerprint density at radius 2 is 1.79 bits per heavy atom. The highest BCUT2D eigenvalue weighted by Gasteiger charge is 2.36. The molecule has 2 aliphatic rings. The van der Waals surface area contributed by atoms with Crippen molar-refractivity contribution >= 4 is 30.1 Å². The molecular weight excluding hydrogens is 330 g/mol. The summed E-state index contributed by atoms with van der Waals surface area (Å²) in [4.78, 5) is 39.9. The van der Waals surface area contributed by atoms with E-state index < -0.39 is 0 Å². The maximum Gasteiger partial charge on any atom is 0.261 e. The number of hydrogen-bond acceptors (Lipinski definition) is 4. The van der Waals surface area contributed by atoms with Crippen LogP contribution in [0.1, 0.15) is 40.5 Å². The van der Waals surface area contributed by atoms with Crippen LogP contribution < -0.4 is 5.73 Å². The Morgan fingerprint density at radius 1 is 1.21 bits per heavy atom. The predicted octanol–water partition coefficient (Wildman–Crippen LogP) is 1.29. The van der Waals surface area contributed by atoms with Crippen molar-refractivity contribution in [3.8, 4) is 0 Å². The van der Waals surface area contributed by atoms with Crippen LogP contribution in [0.4, 0.5) is 0 Å². The molecule has 7 heteroatoms. The highest BCUT2D eigenvalue weighted by atomic mass is 35.5. The summed E-state index contributed by atoms with van der Waals surface area (Å²) in [6.45, 7) is 3.38.